The van der Waals surface area contributed by atoms with Crippen molar-refractivity contribution in [3.8, 4) is 23.1 Å². The number of hydrogen-bond donors (Lipinski definition) is 0. The normalized spacial score (nSPS) is 10.2. The predicted molar refractivity (Wildman–Crippen MR) is 80.8 cm³/mol. The molecule has 0 unspecified atom stereocenters. The van der Waals surface area contributed by atoms with Gasteiger partial charge in [-0.1, -0.05) is 54.5 Å². The van der Waals surface area contributed by atoms with Gasteiger partial charge in [-0.15, -0.1) is 5.92 Å². The molecule has 0 saturated heterocycles. The molecule has 0 spiro atoms. The Morgan fingerprint density at radius 1 is 0.947 bits per heavy atom. The van der Waals surface area contributed by atoms with E-state index in [1.165, 1.54) is 22.2 Å². The summed E-state index contributed by atoms with van der Waals surface area (Å²) in [4.78, 5) is 0. The average molecular weight is 245 g/mol. The van der Waals surface area contributed by atoms with Crippen molar-refractivity contribution in [2.24, 2.45) is 0 Å². The van der Waals surface area contributed by atoms with Crippen LogP contribution in [-0.4, -0.2) is 4.57 Å². The van der Waals surface area contributed by atoms with Crippen molar-refractivity contribution in [3.63, 3.8) is 0 Å². The van der Waals surface area contributed by atoms with Crippen LogP contribution in [0.25, 0.3) is 22.2 Å². The van der Waals surface area contributed by atoms with E-state index in [-0.39, 0.29) is 0 Å². The van der Waals surface area contributed by atoms with Crippen molar-refractivity contribution < 1.29 is 0 Å². The lowest BCUT2D eigenvalue weighted by atomic mass is 10.1. The highest BCUT2D eigenvalue weighted by Crippen LogP contribution is 2.27. The second kappa shape index (κ2) is 5.04. The number of nitrogens with zero attached hydrogens (tertiary/aromatic N) is 1. The van der Waals surface area contributed by atoms with Crippen LogP contribution in [0.5, 0.6) is 0 Å². The Balaban J connectivity index is 2.24. The first-order chi connectivity index (χ1) is 9.40. The molecule has 0 aliphatic carbocycles. The van der Waals surface area contributed by atoms with E-state index in [0.29, 0.717) is 0 Å². The highest BCUT2D eigenvalue weighted by atomic mass is 15.0. The highest BCUT2D eigenvalue weighted by molar-refractivity contribution is 5.87. The Morgan fingerprint density at radius 2 is 1.68 bits per heavy atom. The van der Waals surface area contributed by atoms with Gasteiger partial charge in [-0.3, -0.25) is 0 Å². The minimum Gasteiger partial charge on any atom is -0.329 e. The second-order valence-corrected chi connectivity index (χ2v) is 4.47. The molecular formula is C18H15N. The van der Waals surface area contributed by atoms with Crippen molar-refractivity contribution in [2.45, 2.75) is 13.5 Å². The fourth-order valence-electron chi connectivity index (χ4n) is 2.39. The predicted octanol–water partition coefficient (Wildman–Crippen LogP) is 4.33. The molecule has 0 fully saturated rings. The van der Waals surface area contributed by atoms with Gasteiger partial charge in [0.05, 0.1) is 6.54 Å². The molecule has 92 valence electrons. The summed E-state index contributed by atoms with van der Waals surface area (Å²) in [5.41, 5.74) is 3.70. The first-order valence-electron chi connectivity index (χ1n) is 6.43. The molecule has 3 rings (SSSR count). The lowest BCUT2D eigenvalue weighted by Gasteiger charge is -2.07. The lowest BCUT2D eigenvalue weighted by Crippen LogP contribution is -1.97. The van der Waals surface area contributed by atoms with Gasteiger partial charge in [0, 0.05) is 16.6 Å². The summed E-state index contributed by atoms with van der Waals surface area (Å²) >= 11 is 0. The molecule has 0 N–H and O–H groups in total. The maximum atomic E-state index is 3.17. The number of benzene rings is 2. The summed E-state index contributed by atoms with van der Waals surface area (Å²) in [7, 11) is 0. The molecule has 19 heavy (non-hydrogen) atoms. The van der Waals surface area contributed by atoms with Crippen molar-refractivity contribution in [3.05, 3.63) is 60.7 Å². The quantitative estimate of drug-likeness (QED) is 0.592. The molecule has 1 nitrogen and oxygen atoms in total. The third kappa shape index (κ3) is 2.13. The van der Waals surface area contributed by atoms with Crippen LogP contribution in [-0.2, 0) is 6.54 Å². The van der Waals surface area contributed by atoms with Gasteiger partial charge in [-0.25, -0.2) is 0 Å². The number of rotatable bonds is 2. The Bertz CT molecular complexity index is 754. The largest absolute Gasteiger partial charge is 0.329 e. The zero-order valence-electron chi connectivity index (χ0n) is 10.9. The van der Waals surface area contributed by atoms with Crippen LogP contribution in [0.3, 0.4) is 0 Å². The summed E-state index contributed by atoms with van der Waals surface area (Å²) < 4.78 is 2.28. The van der Waals surface area contributed by atoms with E-state index in [1.807, 2.05) is 13.0 Å². The molecule has 2 aromatic carbocycles. The maximum absolute atomic E-state index is 3.17. The molecule has 1 heteroatoms. The van der Waals surface area contributed by atoms with Crippen LogP contribution in [0.15, 0.2) is 60.7 Å². The molecular weight excluding hydrogens is 230 g/mol. The number of para-hydroxylation sites is 1. The van der Waals surface area contributed by atoms with Crippen LogP contribution < -0.4 is 0 Å². The highest BCUT2D eigenvalue weighted by Gasteiger charge is 2.08. The van der Waals surface area contributed by atoms with Gasteiger partial charge in [-0.2, -0.15) is 0 Å². The minimum absolute atomic E-state index is 0.730. The van der Waals surface area contributed by atoms with Crippen LogP contribution in [0.1, 0.15) is 6.92 Å². The van der Waals surface area contributed by atoms with Gasteiger partial charge >= 0.3 is 0 Å². The van der Waals surface area contributed by atoms with Crippen LogP contribution >= 0.6 is 0 Å². The van der Waals surface area contributed by atoms with E-state index in [2.05, 4.69) is 71.0 Å². The van der Waals surface area contributed by atoms with E-state index >= 15 is 0 Å². The second-order valence-electron chi connectivity index (χ2n) is 4.47. The van der Waals surface area contributed by atoms with E-state index < -0.39 is 0 Å². The van der Waals surface area contributed by atoms with Crippen molar-refractivity contribution in [1.82, 2.24) is 4.57 Å². The summed E-state index contributed by atoms with van der Waals surface area (Å²) in [6, 6.07) is 21.2. The molecule has 0 saturated carbocycles. The Hall–Kier alpha value is -2.46. The zero-order chi connectivity index (χ0) is 13.1. The molecule has 0 bridgehead atoms. The van der Waals surface area contributed by atoms with Crippen molar-refractivity contribution in [1.29, 1.82) is 0 Å². The Morgan fingerprint density at radius 3 is 2.47 bits per heavy atom. The zero-order valence-corrected chi connectivity index (χ0v) is 10.9. The summed E-state index contributed by atoms with van der Waals surface area (Å²) in [5, 5.41) is 1.26. The average Bonchev–Trinajstić information content (AvgIpc) is 2.85. The van der Waals surface area contributed by atoms with Crippen LogP contribution in [0.4, 0.5) is 0 Å². The molecule has 1 aromatic heterocycles. The summed E-state index contributed by atoms with van der Waals surface area (Å²) in [5.74, 6) is 6.14. The first kappa shape index (κ1) is 11.6. The van der Waals surface area contributed by atoms with E-state index in [0.717, 1.165) is 6.54 Å². The van der Waals surface area contributed by atoms with Gasteiger partial charge in [-0.05, 0) is 24.6 Å². The SMILES string of the molecule is CC#CCn1c(-c2ccccc2)cc2ccccc21. The fraction of sp³-hybridized carbons (Fsp3) is 0.111. The standard InChI is InChI=1S/C18H15N/c1-2-3-13-19-17-12-8-7-11-16(17)14-18(19)15-9-5-4-6-10-15/h4-12,14H,13H2,1H3. The summed E-state index contributed by atoms with van der Waals surface area (Å²) in [6.07, 6.45) is 0. The van der Waals surface area contributed by atoms with Crippen LogP contribution in [0.2, 0.25) is 0 Å². The van der Waals surface area contributed by atoms with Gasteiger partial charge < -0.3 is 4.57 Å². The molecule has 0 aliphatic rings. The van der Waals surface area contributed by atoms with E-state index in [1.54, 1.807) is 0 Å². The monoisotopic (exact) mass is 245 g/mol. The minimum atomic E-state index is 0.730. The summed E-state index contributed by atoms with van der Waals surface area (Å²) in [6.45, 7) is 2.61. The van der Waals surface area contributed by atoms with Gasteiger partial charge in [0.15, 0.2) is 0 Å². The van der Waals surface area contributed by atoms with Gasteiger partial charge in [0.25, 0.3) is 0 Å². The van der Waals surface area contributed by atoms with E-state index in [9.17, 15) is 0 Å². The smallest absolute Gasteiger partial charge is 0.0843 e. The van der Waals surface area contributed by atoms with Crippen molar-refractivity contribution >= 4 is 10.9 Å². The van der Waals surface area contributed by atoms with Crippen LogP contribution in [0, 0.1) is 11.8 Å². The topological polar surface area (TPSA) is 4.93 Å². The molecule has 0 aliphatic heterocycles. The first-order valence-corrected chi connectivity index (χ1v) is 6.43. The maximum Gasteiger partial charge on any atom is 0.0843 e. The van der Waals surface area contributed by atoms with Gasteiger partial charge in [0.1, 0.15) is 0 Å². The van der Waals surface area contributed by atoms with Crippen molar-refractivity contribution in [2.75, 3.05) is 0 Å². The lowest BCUT2D eigenvalue weighted by molar-refractivity contribution is 0.894. The molecule has 3 aromatic rings. The number of hydrogen-bond acceptors (Lipinski definition) is 0. The molecule has 0 atom stereocenters. The molecule has 0 radical (unpaired) electrons. The van der Waals surface area contributed by atoms with Gasteiger partial charge in [0.2, 0.25) is 0 Å². The molecule has 1 heterocycles. The number of aromatic nitrogens is 1. The Labute approximate surface area is 113 Å². The molecule has 0 amide bonds. The Kier molecular flexibility index (Phi) is 3.08. The third-order valence-corrected chi connectivity index (χ3v) is 3.29. The van der Waals surface area contributed by atoms with E-state index in [4.69, 9.17) is 0 Å². The fourth-order valence-corrected chi connectivity index (χ4v) is 2.39. The number of fused-ring (bicyclic) bond motifs is 1. The third-order valence-electron chi connectivity index (χ3n) is 3.29.